The van der Waals surface area contributed by atoms with Crippen LogP contribution in [0, 0.1) is 0 Å². The number of hydrogen-bond donors (Lipinski definition) is 2. The van der Waals surface area contributed by atoms with Crippen molar-refractivity contribution < 1.29 is 14.6 Å². The van der Waals surface area contributed by atoms with E-state index in [-0.39, 0.29) is 23.5 Å². The number of carbonyl (C=O) groups is 1. The molecule has 0 spiro atoms. The van der Waals surface area contributed by atoms with E-state index in [0.29, 0.717) is 19.4 Å². The van der Waals surface area contributed by atoms with Crippen LogP contribution < -0.4 is 5.32 Å². The minimum absolute atomic E-state index is 0.0682. The summed E-state index contributed by atoms with van der Waals surface area (Å²) in [5, 5.41) is 14.2. The van der Waals surface area contributed by atoms with Crippen molar-refractivity contribution in [2.45, 2.75) is 56.1 Å². The van der Waals surface area contributed by atoms with Crippen LogP contribution in [-0.4, -0.2) is 65.9 Å². The average Bonchev–Trinajstić information content (AvgIpc) is 3.03. The third-order valence-electron chi connectivity index (χ3n) is 7.17. The Labute approximate surface area is 191 Å². The van der Waals surface area contributed by atoms with Crippen LogP contribution in [0.2, 0.25) is 0 Å². The van der Waals surface area contributed by atoms with Gasteiger partial charge in [0.15, 0.2) is 0 Å². The van der Waals surface area contributed by atoms with Gasteiger partial charge in [0.1, 0.15) is 0 Å². The minimum Gasteiger partial charge on any atom is -0.391 e. The Bertz CT molecular complexity index is 842. The van der Waals surface area contributed by atoms with Crippen molar-refractivity contribution in [1.82, 2.24) is 15.2 Å². The van der Waals surface area contributed by atoms with Crippen LogP contribution in [0.25, 0.3) is 0 Å². The zero-order chi connectivity index (χ0) is 22.2. The first-order chi connectivity index (χ1) is 15.7. The van der Waals surface area contributed by atoms with Crippen molar-refractivity contribution in [1.29, 1.82) is 0 Å². The van der Waals surface area contributed by atoms with Gasteiger partial charge in [0.25, 0.3) is 0 Å². The molecule has 0 bridgehead atoms. The smallest absolute Gasteiger partial charge is 0.220 e. The monoisotopic (exact) mass is 437 g/mol. The Morgan fingerprint density at radius 1 is 1.12 bits per heavy atom. The van der Waals surface area contributed by atoms with Gasteiger partial charge < -0.3 is 15.2 Å². The number of nitrogens with zero attached hydrogens (tertiary/aromatic N) is 2. The lowest BCUT2D eigenvalue weighted by Crippen LogP contribution is -2.48. The summed E-state index contributed by atoms with van der Waals surface area (Å²) in [6.45, 7) is 3.84. The van der Waals surface area contributed by atoms with E-state index in [1.54, 1.807) is 6.20 Å². The normalized spacial score (nSPS) is 26.9. The molecule has 2 aliphatic rings. The maximum absolute atomic E-state index is 12.7. The summed E-state index contributed by atoms with van der Waals surface area (Å²) in [6.07, 6.45) is 7.82. The molecule has 0 unspecified atom stereocenters. The largest absolute Gasteiger partial charge is 0.391 e. The fourth-order valence-corrected chi connectivity index (χ4v) is 5.21. The van der Waals surface area contributed by atoms with E-state index < -0.39 is 0 Å². The van der Waals surface area contributed by atoms with Crippen LogP contribution in [0.1, 0.15) is 43.2 Å². The van der Waals surface area contributed by atoms with Gasteiger partial charge in [-0.3, -0.25) is 14.7 Å². The number of aliphatic hydroxyl groups is 1. The number of hydrogen-bond acceptors (Lipinski definition) is 5. The fraction of sp³-hybridized carbons (Fsp3) is 0.538. The molecule has 2 heterocycles. The van der Waals surface area contributed by atoms with Crippen LogP contribution in [0.5, 0.6) is 0 Å². The Morgan fingerprint density at radius 2 is 1.91 bits per heavy atom. The molecule has 1 aromatic carbocycles. The summed E-state index contributed by atoms with van der Waals surface area (Å²) in [5.41, 5.74) is 2.17. The molecular weight excluding hydrogens is 402 g/mol. The van der Waals surface area contributed by atoms with E-state index in [1.807, 2.05) is 24.4 Å². The maximum atomic E-state index is 12.7. The zero-order valence-corrected chi connectivity index (χ0v) is 18.8. The first kappa shape index (κ1) is 22.9. The van der Waals surface area contributed by atoms with Crippen molar-refractivity contribution in [3.63, 3.8) is 0 Å². The number of rotatable bonds is 7. The summed E-state index contributed by atoms with van der Waals surface area (Å²) in [7, 11) is 0. The number of nitrogens with one attached hydrogen (secondary N) is 1. The Balaban J connectivity index is 1.43. The zero-order valence-electron chi connectivity index (χ0n) is 18.8. The lowest BCUT2D eigenvalue weighted by Gasteiger charge is -2.37. The summed E-state index contributed by atoms with van der Waals surface area (Å²) in [6, 6.07) is 14.6. The molecule has 6 nitrogen and oxygen atoms in total. The third-order valence-corrected chi connectivity index (χ3v) is 7.17. The van der Waals surface area contributed by atoms with Crippen LogP contribution in [0.15, 0.2) is 54.9 Å². The van der Waals surface area contributed by atoms with Crippen molar-refractivity contribution in [2.24, 2.45) is 0 Å². The molecule has 6 heteroatoms. The van der Waals surface area contributed by atoms with Gasteiger partial charge >= 0.3 is 0 Å². The lowest BCUT2D eigenvalue weighted by molar-refractivity contribution is -0.121. The molecule has 3 atom stereocenters. The van der Waals surface area contributed by atoms with Gasteiger partial charge in [-0.15, -0.1) is 0 Å². The first-order valence-corrected chi connectivity index (χ1v) is 11.9. The Kier molecular flexibility index (Phi) is 7.90. The Hall–Kier alpha value is -2.28. The van der Waals surface area contributed by atoms with Crippen LogP contribution in [0.4, 0.5) is 0 Å². The molecule has 1 saturated carbocycles. The third kappa shape index (κ3) is 5.74. The molecular formula is C26H35N3O3. The van der Waals surface area contributed by atoms with E-state index >= 15 is 0 Å². The van der Waals surface area contributed by atoms with E-state index in [0.717, 1.165) is 57.6 Å². The van der Waals surface area contributed by atoms with Crippen molar-refractivity contribution in [3.8, 4) is 0 Å². The Morgan fingerprint density at radius 3 is 2.66 bits per heavy atom. The highest BCUT2D eigenvalue weighted by Gasteiger charge is 2.40. The molecule has 1 aromatic heterocycles. The average molecular weight is 438 g/mol. The quantitative estimate of drug-likeness (QED) is 0.652. The van der Waals surface area contributed by atoms with E-state index in [1.165, 1.54) is 5.56 Å². The highest BCUT2D eigenvalue weighted by molar-refractivity contribution is 5.76. The predicted octanol–water partition coefficient (Wildman–Crippen LogP) is 2.70. The van der Waals surface area contributed by atoms with Crippen molar-refractivity contribution in [2.75, 3.05) is 32.8 Å². The fourth-order valence-electron chi connectivity index (χ4n) is 5.21. The molecule has 1 aliphatic carbocycles. The maximum Gasteiger partial charge on any atom is 0.220 e. The highest BCUT2D eigenvalue weighted by Crippen LogP contribution is 2.39. The topological polar surface area (TPSA) is 74.7 Å². The molecule has 2 N–H and O–H groups in total. The predicted molar refractivity (Wildman–Crippen MR) is 124 cm³/mol. The number of ether oxygens (including phenoxy) is 1. The number of aliphatic hydroxyl groups excluding tert-OH is 1. The summed E-state index contributed by atoms with van der Waals surface area (Å²) >= 11 is 0. The minimum atomic E-state index is -0.347. The van der Waals surface area contributed by atoms with Gasteiger partial charge in [-0.1, -0.05) is 36.4 Å². The second kappa shape index (κ2) is 11.0. The molecule has 2 fully saturated rings. The standard InChI is InChI=1S/C26H35N3O3/c30-24-11-13-26(22-6-2-1-3-7-22,12-10-23(24)29-15-17-32-18-16-29)20-28-25(31)9-8-21-5-4-14-27-19-21/h1-7,14,19,23-24,30H,8-13,15-18,20H2,(H,28,31)/t23-,24-,26-/m1/s1. The SMILES string of the molecule is O=C(CCc1cccnc1)NC[C@]1(c2ccccc2)CC[C@@H](O)[C@H](N2CCOCC2)CC1. The van der Waals surface area contributed by atoms with Gasteiger partial charge in [0.05, 0.1) is 19.3 Å². The molecule has 4 rings (SSSR count). The number of carbonyl (C=O) groups excluding carboxylic acids is 1. The number of pyridine rings is 1. The molecule has 1 saturated heterocycles. The van der Waals surface area contributed by atoms with Gasteiger partial charge in [-0.05, 0) is 49.3 Å². The summed E-state index contributed by atoms with van der Waals surface area (Å²) < 4.78 is 5.51. The van der Waals surface area contributed by atoms with Gasteiger partial charge in [0, 0.05) is 49.9 Å². The highest BCUT2D eigenvalue weighted by atomic mass is 16.5. The van der Waals surface area contributed by atoms with Crippen molar-refractivity contribution in [3.05, 3.63) is 66.0 Å². The first-order valence-electron chi connectivity index (χ1n) is 11.9. The van der Waals surface area contributed by atoms with Crippen molar-refractivity contribution >= 4 is 5.91 Å². The van der Waals surface area contributed by atoms with Gasteiger partial charge in [-0.2, -0.15) is 0 Å². The van der Waals surface area contributed by atoms with E-state index in [9.17, 15) is 9.90 Å². The molecule has 2 aromatic rings. The molecule has 32 heavy (non-hydrogen) atoms. The molecule has 0 radical (unpaired) electrons. The van der Waals surface area contributed by atoms with Gasteiger partial charge in [0.2, 0.25) is 5.91 Å². The van der Waals surface area contributed by atoms with Crippen LogP contribution in [0.3, 0.4) is 0 Å². The number of morpholine rings is 1. The second-order valence-electron chi connectivity index (χ2n) is 9.14. The number of benzene rings is 1. The second-order valence-corrected chi connectivity index (χ2v) is 9.14. The summed E-state index contributed by atoms with van der Waals surface area (Å²) in [5.74, 6) is 0.0682. The van der Waals surface area contributed by atoms with E-state index in [4.69, 9.17) is 4.74 Å². The van der Waals surface area contributed by atoms with Crippen LogP contribution in [-0.2, 0) is 21.4 Å². The molecule has 1 amide bonds. The molecule has 172 valence electrons. The summed E-state index contributed by atoms with van der Waals surface area (Å²) in [4.78, 5) is 19.2. The van der Waals surface area contributed by atoms with Gasteiger partial charge in [-0.25, -0.2) is 0 Å². The lowest BCUT2D eigenvalue weighted by atomic mass is 9.74. The van der Waals surface area contributed by atoms with Crippen LogP contribution >= 0.6 is 0 Å². The number of aromatic nitrogens is 1. The molecule has 1 aliphatic heterocycles. The van der Waals surface area contributed by atoms with E-state index in [2.05, 4.69) is 39.5 Å². The number of aryl methyl sites for hydroxylation is 1. The number of amides is 1.